The van der Waals surface area contributed by atoms with E-state index in [1.54, 1.807) is 0 Å². The van der Waals surface area contributed by atoms with E-state index in [4.69, 9.17) is 5.73 Å². The summed E-state index contributed by atoms with van der Waals surface area (Å²) in [5, 5.41) is 0.0809. The van der Waals surface area contributed by atoms with Crippen LogP contribution in [-0.4, -0.2) is 13.3 Å². The van der Waals surface area contributed by atoms with Gasteiger partial charge in [0.15, 0.2) is 0 Å². The third kappa shape index (κ3) is 2.75. The molecule has 0 radical (unpaired) electrons. The fourth-order valence-electron chi connectivity index (χ4n) is 1.19. The Labute approximate surface area is 85.7 Å². The zero-order valence-electron chi connectivity index (χ0n) is 8.30. The summed E-state index contributed by atoms with van der Waals surface area (Å²) in [6, 6.07) is 2.88. The van der Waals surface area contributed by atoms with Crippen LogP contribution < -0.4 is 11.0 Å². The number of hydrogen-bond acceptors (Lipinski definition) is 2. The zero-order chi connectivity index (χ0) is 11.9. The van der Waals surface area contributed by atoms with E-state index in [9.17, 15) is 17.7 Å². The molecule has 15 heavy (non-hydrogen) atoms. The minimum atomic E-state index is -4.43. The Morgan fingerprint density at radius 2 is 1.80 bits per heavy atom. The molecule has 0 heterocycles. The summed E-state index contributed by atoms with van der Waals surface area (Å²) in [7, 11) is -2.78. The van der Waals surface area contributed by atoms with E-state index in [0.717, 1.165) is 18.2 Å². The van der Waals surface area contributed by atoms with E-state index in [1.165, 1.54) is 13.3 Å². The largest absolute Gasteiger partial charge is 0.416 e. The van der Waals surface area contributed by atoms with Crippen molar-refractivity contribution >= 4 is 18.1 Å². The molecule has 84 valence electrons. The Morgan fingerprint density at radius 3 is 2.20 bits per heavy atom. The molecule has 0 bridgehead atoms. The Morgan fingerprint density at radius 1 is 1.27 bits per heavy atom. The number of benzene rings is 1. The second-order valence-electron chi connectivity index (χ2n) is 3.62. The second-order valence-corrected chi connectivity index (χ2v) is 6.81. The molecule has 0 fully saturated rings. The molecule has 0 unspecified atom stereocenters. The molecule has 0 spiro atoms. The molecule has 2 N–H and O–H groups in total. The van der Waals surface area contributed by atoms with Gasteiger partial charge < -0.3 is 10.3 Å². The Hall–Kier alpha value is -0.960. The van der Waals surface area contributed by atoms with Crippen molar-refractivity contribution in [3.05, 3.63) is 23.8 Å². The molecule has 0 saturated carbocycles. The van der Waals surface area contributed by atoms with Crippen molar-refractivity contribution in [2.75, 3.05) is 19.1 Å². The molecular formula is C9H11F3NOP. The molecular weight excluding hydrogens is 226 g/mol. The fraction of sp³-hybridized carbons (Fsp3) is 0.333. The lowest BCUT2D eigenvalue weighted by Gasteiger charge is -2.13. The van der Waals surface area contributed by atoms with E-state index in [1.807, 2.05) is 0 Å². The summed E-state index contributed by atoms with van der Waals surface area (Å²) in [5.74, 6) is 0. The Balaban J connectivity index is 3.36. The van der Waals surface area contributed by atoms with Crippen molar-refractivity contribution in [2.45, 2.75) is 6.18 Å². The van der Waals surface area contributed by atoms with Crippen molar-refractivity contribution in [1.82, 2.24) is 0 Å². The minimum absolute atomic E-state index is 0.0809. The van der Waals surface area contributed by atoms with Crippen LogP contribution in [0.2, 0.25) is 0 Å². The third-order valence-electron chi connectivity index (χ3n) is 1.94. The summed E-state index contributed by atoms with van der Waals surface area (Å²) in [6.45, 7) is 2.78. The molecule has 0 aromatic heterocycles. The quantitative estimate of drug-likeness (QED) is 0.602. The van der Waals surface area contributed by atoms with Gasteiger partial charge in [-0.05, 0) is 31.5 Å². The van der Waals surface area contributed by atoms with Gasteiger partial charge in [0.1, 0.15) is 7.14 Å². The number of rotatable bonds is 1. The summed E-state index contributed by atoms with van der Waals surface area (Å²) < 4.78 is 48.7. The molecule has 1 rings (SSSR count). The van der Waals surface area contributed by atoms with Crippen LogP contribution in [0, 0.1) is 0 Å². The predicted octanol–water partition coefficient (Wildman–Crippen LogP) is 2.54. The molecule has 0 aliphatic rings. The third-order valence-corrected chi connectivity index (χ3v) is 3.49. The lowest BCUT2D eigenvalue weighted by Crippen LogP contribution is -2.14. The van der Waals surface area contributed by atoms with E-state index in [2.05, 4.69) is 0 Å². The standard InChI is InChI=1S/C9H11F3NOP/c1-15(2,14)8-5-6(9(10,11)12)3-4-7(8)13/h3-5H,13H2,1-2H3. The maximum atomic E-state index is 12.4. The van der Waals surface area contributed by atoms with Gasteiger partial charge in [-0.1, -0.05) is 0 Å². The summed E-state index contributed by atoms with van der Waals surface area (Å²) in [5.41, 5.74) is 4.79. The molecule has 0 saturated heterocycles. The zero-order valence-corrected chi connectivity index (χ0v) is 9.19. The number of anilines is 1. The van der Waals surface area contributed by atoms with Crippen LogP contribution in [0.3, 0.4) is 0 Å². The molecule has 2 nitrogen and oxygen atoms in total. The fourth-order valence-corrected chi connectivity index (χ4v) is 2.33. The topological polar surface area (TPSA) is 43.1 Å². The van der Waals surface area contributed by atoms with Crippen LogP contribution in [-0.2, 0) is 10.7 Å². The van der Waals surface area contributed by atoms with Gasteiger partial charge in [-0.25, -0.2) is 0 Å². The maximum absolute atomic E-state index is 12.4. The molecule has 0 atom stereocenters. The number of halogens is 3. The highest BCUT2D eigenvalue weighted by Crippen LogP contribution is 2.39. The molecule has 0 aliphatic carbocycles. The highest BCUT2D eigenvalue weighted by Gasteiger charge is 2.32. The van der Waals surface area contributed by atoms with Crippen LogP contribution >= 0.6 is 7.14 Å². The lowest BCUT2D eigenvalue weighted by atomic mass is 10.2. The molecule has 0 amide bonds. The normalized spacial score (nSPS) is 12.9. The second kappa shape index (κ2) is 3.56. The van der Waals surface area contributed by atoms with Gasteiger partial charge in [0.05, 0.1) is 5.56 Å². The summed E-state index contributed by atoms with van der Waals surface area (Å²) in [6.07, 6.45) is -4.43. The average Bonchev–Trinajstić information content (AvgIpc) is 2.00. The van der Waals surface area contributed by atoms with Crippen LogP contribution in [0.1, 0.15) is 5.56 Å². The summed E-state index contributed by atoms with van der Waals surface area (Å²) in [4.78, 5) is 0. The Bertz CT molecular complexity index is 422. The first kappa shape index (κ1) is 12.1. The number of hydrogen-bond donors (Lipinski definition) is 1. The average molecular weight is 237 g/mol. The van der Waals surface area contributed by atoms with Gasteiger partial charge in [-0.2, -0.15) is 13.2 Å². The van der Waals surface area contributed by atoms with Crippen molar-refractivity contribution in [2.24, 2.45) is 0 Å². The smallest absolute Gasteiger partial charge is 0.398 e. The van der Waals surface area contributed by atoms with Gasteiger partial charge in [-0.3, -0.25) is 0 Å². The number of nitrogens with two attached hydrogens (primary N) is 1. The molecule has 0 aliphatic heterocycles. The van der Waals surface area contributed by atoms with Gasteiger partial charge in [0, 0.05) is 11.0 Å². The molecule has 1 aromatic carbocycles. The van der Waals surface area contributed by atoms with Crippen LogP contribution in [0.5, 0.6) is 0 Å². The highest BCUT2D eigenvalue weighted by atomic mass is 31.2. The van der Waals surface area contributed by atoms with Gasteiger partial charge >= 0.3 is 6.18 Å². The first-order chi connectivity index (χ1) is 6.62. The van der Waals surface area contributed by atoms with Crippen molar-refractivity contribution in [1.29, 1.82) is 0 Å². The van der Waals surface area contributed by atoms with E-state index >= 15 is 0 Å². The van der Waals surface area contributed by atoms with Gasteiger partial charge in [0.2, 0.25) is 0 Å². The van der Waals surface area contributed by atoms with Gasteiger partial charge in [0.25, 0.3) is 0 Å². The molecule has 6 heteroatoms. The SMILES string of the molecule is CP(C)(=O)c1cc(C(F)(F)F)ccc1N. The van der Waals surface area contributed by atoms with Crippen molar-refractivity contribution < 1.29 is 17.7 Å². The van der Waals surface area contributed by atoms with E-state index in [0.29, 0.717) is 0 Å². The first-order valence-corrected chi connectivity index (χ1v) is 6.75. The lowest BCUT2D eigenvalue weighted by molar-refractivity contribution is -0.137. The Kier molecular flexibility index (Phi) is 2.88. The van der Waals surface area contributed by atoms with Crippen LogP contribution in [0.15, 0.2) is 18.2 Å². The van der Waals surface area contributed by atoms with Gasteiger partial charge in [-0.15, -0.1) is 0 Å². The van der Waals surface area contributed by atoms with Crippen molar-refractivity contribution in [3.63, 3.8) is 0 Å². The maximum Gasteiger partial charge on any atom is 0.416 e. The highest BCUT2D eigenvalue weighted by molar-refractivity contribution is 7.70. The summed E-state index contributed by atoms with van der Waals surface area (Å²) >= 11 is 0. The van der Waals surface area contributed by atoms with Crippen molar-refractivity contribution in [3.8, 4) is 0 Å². The van der Waals surface area contributed by atoms with Crippen LogP contribution in [0.25, 0.3) is 0 Å². The predicted molar refractivity (Wildman–Crippen MR) is 54.9 cm³/mol. The van der Waals surface area contributed by atoms with E-state index in [-0.39, 0.29) is 11.0 Å². The van der Waals surface area contributed by atoms with Crippen LogP contribution in [0.4, 0.5) is 18.9 Å². The van der Waals surface area contributed by atoms with E-state index < -0.39 is 18.9 Å². The minimum Gasteiger partial charge on any atom is -0.398 e. The number of alkyl halides is 3. The molecule has 1 aromatic rings. The first-order valence-electron chi connectivity index (χ1n) is 4.14. The number of nitrogen functional groups attached to an aromatic ring is 1. The monoisotopic (exact) mass is 237 g/mol.